The first kappa shape index (κ1) is 9.65. The molecule has 1 aliphatic rings. The van der Waals surface area contributed by atoms with Crippen LogP contribution in [0.3, 0.4) is 0 Å². The molecule has 0 amide bonds. The fourth-order valence-corrected chi connectivity index (χ4v) is 1.79. The van der Waals surface area contributed by atoms with Crippen molar-refractivity contribution in [2.75, 3.05) is 6.54 Å². The highest BCUT2D eigenvalue weighted by atomic mass is 15.4. The summed E-state index contributed by atoms with van der Waals surface area (Å²) >= 11 is 0. The van der Waals surface area contributed by atoms with E-state index in [1.165, 1.54) is 11.1 Å². The van der Waals surface area contributed by atoms with E-state index in [9.17, 15) is 0 Å². The largest absolute Gasteiger partial charge is 0.329 e. The minimum atomic E-state index is 0.404. The highest BCUT2D eigenvalue weighted by Crippen LogP contribution is 2.21. The van der Waals surface area contributed by atoms with Crippen molar-refractivity contribution in [1.29, 1.82) is 0 Å². The molecular weight excluding hydrogens is 174 g/mol. The lowest BCUT2D eigenvalue weighted by molar-refractivity contribution is 0.546. The van der Waals surface area contributed by atoms with Gasteiger partial charge in [-0.1, -0.05) is 29.8 Å². The van der Waals surface area contributed by atoms with Crippen LogP contribution in [-0.4, -0.2) is 12.6 Å². The molecule has 2 rings (SSSR count). The summed E-state index contributed by atoms with van der Waals surface area (Å²) in [6, 6.07) is 9.45. The van der Waals surface area contributed by atoms with Crippen LogP contribution in [0, 0.1) is 6.92 Å². The molecule has 1 fully saturated rings. The molecular formula is C11H17N3. The topological polar surface area (TPSA) is 50.1 Å². The molecule has 3 nitrogen and oxygen atoms in total. The summed E-state index contributed by atoms with van der Waals surface area (Å²) in [4.78, 5) is 0. The SMILES string of the molecule is Cc1ccc(C2CC(CN)NN2)cc1. The van der Waals surface area contributed by atoms with E-state index in [1.54, 1.807) is 0 Å². The van der Waals surface area contributed by atoms with Crippen LogP contribution < -0.4 is 16.6 Å². The van der Waals surface area contributed by atoms with Crippen LogP contribution in [-0.2, 0) is 0 Å². The standard InChI is InChI=1S/C11H17N3/c1-8-2-4-9(5-3-8)11-6-10(7-12)13-14-11/h2-5,10-11,13-14H,6-7,12H2,1H3. The fraction of sp³-hybridized carbons (Fsp3) is 0.455. The zero-order valence-electron chi connectivity index (χ0n) is 8.46. The number of nitrogens with one attached hydrogen (secondary N) is 2. The lowest BCUT2D eigenvalue weighted by Crippen LogP contribution is -2.35. The maximum Gasteiger partial charge on any atom is 0.0478 e. The van der Waals surface area contributed by atoms with Crippen molar-refractivity contribution in [2.24, 2.45) is 5.73 Å². The van der Waals surface area contributed by atoms with Crippen LogP contribution in [0.5, 0.6) is 0 Å². The zero-order valence-corrected chi connectivity index (χ0v) is 8.46. The van der Waals surface area contributed by atoms with Gasteiger partial charge < -0.3 is 5.73 Å². The maximum absolute atomic E-state index is 5.60. The van der Waals surface area contributed by atoms with Crippen LogP contribution in [0.25, 0.3) is 0 Å². The van der Waals surface area contributed by atoms with Gasteiger partial charge >= 0.3 is 0 Å². The normalized spacial score (nSPS) is 26.7. The van der Waals surface area contributed by atoms with Gasteiger partial charge in [0, 0.05) is 18.6 Å². The average Bonchev–Trinajstić information content (AvgIpc) is 2.67. The second-order valence-electron chi connectivity index (χ2n) is 3.92. The molecule has 76 valence electrons. The lowest BCUT2D eigenvalue weighted by Gasteiger charge is -2.09. The minimum absolute atomic E-state index is 0.404. The van der Waals surface area contributed by atoms with Gasteiger partial charge in [-0.25, -0.2) is 5.43 Å². The summed E-state index contributed by atoms with van der Waals surface area (Å²) in [6.07, 6.45) is 1.07. The molecule has 1 saturated heterocycles. The van der Waals surface area contributed by atoms with E-state index in [0.717, 1.165) is 6.42 Å². The molecule has 1 aromatic rings. The van der Waals surface area contributed by atoms with Gasteiger partial charge in [-0.2, -0.15) is 0 Å². The highest BCUT2D eigenvalue weighted by Gasteiger charge is 2.23. The van der Waals surface area contributed by atoms with Gasteiger partial charge in [-0.3, -0.25) is 5.43 Å². The van der Waals surface area contributed by atoms with Crippen molar-refractivity contribution < 1.29 is 0 Å². The van der Waals surface area contributed by atoms with Crippen molar-refractivity contribution in [3.63, 3.8) is 0 Å². The Hall–Kier alpha value is -0.900. The minimum Gasteiger partial charge on any atom is -0.329 e. The molecule has 1 heterocycles. The Morgan fingerprint density at radius 1 is 1.29 bits per heavy atom. The van der Waals surface area contributed by atoms with E-state index in [0.29, 0.717) is 18.6 Å². The molecule has 4 N–H and O–H groups in total. The maximum atomic E-state index is 5.60. The number of nitrogens with two attached hydrogens (primary N) is 1. The molecule has 3 heteroatoms. The molecule has 0 saturated carbocycles. The van der Waals surface area contributed by atoms with Gasteiger partial charge in [0.2, 0.25) is 0 Å². The second kappa shape index (κ2) is 4.09. The molecule has 1 aliphatic heterocycles. The van der Waals surface area contributed by atoms with E-state index in [-0.39, 0.29) is 0 Å². The Morgan fingerprint density at radius 3 is 2.57 bits per heavy atom. The predicted octanol–water partition coefficient (Wildman–Crippen LogP) is 0.861. The molecule has 0 bridgehead atoms. The number of hydrogen-bond acceptors (Lipinski definition) is 3. The van der Waals surface area contributed by atoms with Crippen molar-refractivity contribution in [1.82, 2.24) is 10.9 Å². The first-order chi connectivity index (χ1) is 6.79. The van der Waals surface area contributed by atoms with E-state index < -0.39 is 0 Å². The van der Waals surface area contributed by atoms with Gasteiger partial charge in [0.25, 0.3) is 0 Å². The Morgan fingerprint density at radius 2 is 2.00 bits per heavy atom. The van der Waals surface area contributed by atoms with E-state index >= 15 is 0 Å². The van der Waals surface area contributed by atoms with E-state index in [2.05, 4.69) is 42.0 Å². The summed E-state index contributed by atoms with van der Waals surface area (Å²) in [7, 11) is 0. The average molecular weight is 191 g/mol. The Kier molecular flexibility index (Phi) is 2.82. The number of hydrazine groups is 1. The second-order valence-corrected chi connectivity index (χ2v) is 3.92. The molecule has 0 radical (unpaired) electrons. The Bertz CT molecular complexity index is 294. The van der Waals surface area contributed by atoms with Gasteiger partial charge in [0.1, 0.15) is 0 Å². The van der Waals surface area contributed by atoms with Crippen LogP contribution in [0.15, 0.2) is 24.3 Å². The van der Waals surface area contributed by atoms with Crippen LogP contribution in [0.1, 0.15) is 23.6 Å². The number of aryl methyl sites for hydroxylation is 1. The molecule has 2 unspecified atom stereocenters. The first-order valence-electron chi connectivity index (χ1n) is 5.07. The third-order valence-corrected chi connectivity index (χ3v) is 2.75. The van der Waals surface area contributed by atoms with Crippen LogP contribution in [0.2, 0.25) is 0 Å². The number of hydrogen-bond donors (Lipinski definition) is 3. The molecule has 0 spiro atoms. The Labute approximate surface area is 84.7 Å². The van der Waals surface area contributed by atoms with Gasteiger partial charge in [0.15, 0.2) is 0 Å². The zero-order chi connectivity index (χ0) is 9.97. The Balaban J connectivity index is 2.06. The lowest BCUT2D eigenvalue weighted by atomic mass is 10.0. The van der Waals surface area contributed by atoms with Crippen LogP contribution in [0.4, 0.5) is 0 Å². The number of rotatable bonds is 2. The molecule has 2 atom stereocenters. The highest BCUT2D eigenvalue weighted by molar-refractivity contribution is 5.24. The van der Waals surface area contributed by atoms with Gasteiger partial charge in [-0.05, 0) is 18.9 Å². The van der Waals surface area contributed by atoms with Gasteiger partial charge in [0.05, 0.1) is 0 Å². The summed E-state index contributed by atoms with van der Waals surface area (Å²) in [6.45, 7) is 2.79. The molecule has 0 aromatic heterocycles. The van der Waals surface area contributed by atoms with E-state index in [1.807, 2.05) is 0 Å². The fourth-order valence-electron chi connectivity index (χ4n) is 1.79. The smallest absolute Gasteiger partial charge is 0.0478 e. The van der Waals surface area contributed by atoms with Crippen molar-refractivity contribution in [3.8, 4) is 0 Å². The van der Waals surface area contributed by atoms with Crippen molar-refractivity contribution in [2.45, 2.75) is 25.4 Å². The van der Waals surface area contributed by atoms with Crippen molar-refractivity contribution >= 4 is 0 Å². The molecule has 0 aliphatic carbocycles. The number of benzene rings is 1. The molecule has 14 heavy (non-hydrogen) atoms. The van der Waals surface area contributed by atoms with Crippen LogP contribution >= 0.6 is 0 Å². The third-order valence-electron chi connectivity index (χ3n) is 2.75. The van der Waals surface area contributed by atoms with Crippen molar-refractivity contribution in [3.05, 3.63) is 35.4 Å². The van der Waals surface area contributed by atoms with E-state index in [4.69, 9.17) is 5.73 Å². The summed E-state index contributed by atoms with van der Waals surface area (Å²) in [5.41, 5.74) is 14.7. The summed E-state index contributed by atoms with van der Waals surface area (Å²) in [5, 5.41) is 0. The summed E-state index contributed by atoms with van der Waals surface area (Å²) < 4.78 is 0. The molecule has 1 aromatic carbocycles. The first-order valence-corrected chi connectivity index (χ1v) is 5.07. The monoisotopic (exact) mass is 191 g/mol. The van der Waals surface area contributed by atoms with Gasteiger partial charge in [-0.15, -0.1) is 0 Å². The predicted molar refractivity (Wildman–Crippen MR) is 57.7 cm³/mol. The summed E-state index contributed by atoms with van der Waals surface area (Å²) in [5.74, 6) is 0. The third kappa shape index (κ3) is 1.95. The quantitative estimate of drug-likeness (QED) is 0.650.